The van der Waals surface area contributed by atoms with Crippen LogP contribution in [0.3, 0.4) is 0 Å². The Morgan fingerprint density at radius 3 is 2.26 bits per heavy atom. The van der Waals surface area contributed by atoms with Gasteiger partial charge in [-0.2, -0.15) is 0 Å². The molecule has 0 aliphatic heterocycles. The number of rotatable bonds is 6. The number of anilines is 1. The number of primary amides is 1. The van der Waals surface area contributed by atoms with Crippen molar-refractivity contribution in [3.63, 3.8) is 0 Å². The van der Waals surface area contributed by atoms with E-state index >= 15 is 0 Å². The van der Waals surface area contributed by atoms with Crippen LogP contribution in [-0.2, 0) is 32.0 Å². The molecule has 12 nitrogen and oxygen atoms in total. The van der Waals surface area contributed by atoms with Gasteiger partial charge in [0.15, 0.2) is 11.4 Å². The monoisotopic (exact) mass is 584 g/mol. The first-order valence-corrected chi connectivity index (χ1v) is 13.8. The minimum Gasteiger partial charge on any atom is -0.508 e. The van der Waals surface area contributed by atoms with Crippen molar-refractivity contribution in [2.75, 3.05) is 39.6 Å². The fourth-order valence-corrected chi connectivity index (χ4v) is 6.51. The Labute approximate surface area is 244 Å². The van der Waals surface area contributed by atoms with Crippen LogP contribution >= 0.6 is 0 Å². The van der Waals surface area contributed by atoms with Crippen molar-refractivity contribution in [2.45, 2.75) is 51.7 Å². The van der Waals surface area contributed by atoms with Crippen molar-refractivity contribution in [1.29, 1.82) is 0 Å². The van der Waals surface area contributed by atoms with E-state index in [2.05, 4.69) is 5.32 Å². The summed E-state index contributed by atoms with van der Waals surface area (Å²) in [5, 5.41) is 48.6. The first kappa shape index (κ1) is 31.0. The average Bonchev–Trinajstić information content (AvgIpc) is 2.86. The topological polar surface area (TPSA) is 194 Å². The minimum absolute atomic E-state index is 0.0139. The molecule has 0 bridgehead atoms. The number of carbonyl (C=O) groups excluding carboxylic acids is 4. The number of nitrogens with zero attached hydrogens (tertiary/aromatic N) is 2. The third-order valence-corrected chi connectivity index (χ3v) is 8.62. The molecular weight excluding hydrogens is 544 g/mol. The van der Waals surface area contributed by atoms with Crippen LogP contribution in [0.4, 0.5) is 5.69 Å². The van der Waals surface area contributed by atoms with Crippen molar-refractivity contribution in [3.8, 4) is 5.75 Å². The lowest BCUT2D eigenvalue weighted by Gasteiger charge is -2.50. The number of hydrogen-bond acceptors (Lipinski definition) is 10. The number of amides is 2. The van der Waals surface area contributed by atoms with Gasteiger partial charge >= 0.3 is 0 Å². The number of aliphatic hydroxyl groups excluding tert-OH is 2. The van der Waals surface area contributed by atoms with Gasteiger partial charge in [-0.25, -0.2) is 0 Å². The van der Waals surface area contributed by atoms with Crippen LogP contribution in [0.25, 0.3) is 5.76 Å². The fourth-order valence-electron chi connectivity index (χ4n) is 6.51. The molecule has 4 rings (SSSR count). The highest BCUT2D eigenvalue weighted by Crippen LogP contribution is 2.54. The zero-order valence-electron chi connectivity index (χ0n) is 25.0. The summed E-state index contributed by atoms with van der Waals surface area (Å²) in [6.07, 6.45) is 0.433. The summed E-state index contributed by atoms with van der Waals surface area (Å²) >= 11 is 0. The lowest BCUT2D eigenvalue weighted by atomic mass is 9.57. The van der Waals surface area contributed by atoms with Gasteiger partial charge in [0, 0.05) is 43.2 Å². The molecule has 1 aromatic rings. The Hall–Kier alpha value is -3.90. The van der Waals surface area contributed by atoms with Crippen LogP contribution in [0.1, 0.15) is 43.9 Å². The summed E-state index contributed by atoms with van der Waals surface area (Å²) < 4.78 is 0. The number of aromatic hydroxyl groups is 1. The van der Waals surface area contributed by atoms with E-state index in [1.54, 1.807) is 55.0 Å². The Balaban J connectivity index is 1.87. The molecule has 2 amide bonds. The van der Waals surface area contributed by atoms with Gasteiger partial charge in [-0.1, -0.05) is 20.8 Å². The first-order valence-electron chi connectivity index (χ1n) is 13.8. The van der Waals surface area contributed by atoms with Crippen molar-refractivity contribution in [2.24, 2.45) is 23.0 Å². The van der Waals surface area contributed by atoms with E-state index in [0.29, 0.717) is 16.8 Å². The molecule has 0 saturated heterocycles. The summed E-state index contributed by atoms with van der Waals surface area (Å²) in [7, 11) is 6.71. The number of ketones is 2. The molecule has 42 heavy (non-hydrogen) atoms. The number of fused-ring (bicyclic) bond motifs is 3. The van der Waals surface area contributed by atoms with Gasteiger partial charge in [0.1, 0.15) is 22.8 Å². The third kappa shape index (κ3) is 4.62. The van der Waals surface area contributed by atoms with E-state index in [1.165, 1.54) is 4.90 Å². The molecule has 0 aromatic heterocycles. The quantitative estimate of drug-likeness (QED) is 0.260. The maximum Gasteiger partial charge on any atom is 0.255 e. The molecular formula is C30H40N4O8. The van der Waals surface area contributed by atoms with Crippen LogP contribution in [0.2, 0.25) is 0 Å². The maximum atomic E-state index is 14.1. The van der Waals surface area contributed by atoms with Gasteiger partial charge in [-0.3, -0.25) is 24.1 Å². The first-order chi connectivity index (χ1) is 19.3. The minimum atomic E-state index is -2.70. The Morgan fingerprint density at radius 2 is 1.74 bits per heavy atom. The van der Waals surface area contributed by atoms with E-state index in [0.717, 1.165) is 0 Å². The number of phenols is 1. The number of phenolic OH excluding ortho intramolecular Hbond substituents is 1. The van der Waals surface area contributed by atoms with Gasteiger partial charge in [-0.05, 0) is 56.5 Å². The van der Waals surface area contributed by atoms with Crippen molar-refractivity contribution in [3.05, 3.63) is 39.7 Å². The van der Waals surface area contributed by atoms with Crippen molar-refractivity contribution < 1.29 is 39.6 Å². The number of nitrogens with two attached hydrogens (primary N) is 1. The number of aliphatic hydroxyl groups is 3. The molecule has 4 atom stereocenters. The van der Waals surface area contributed by atoms with Crippen LogP contribution < -0.4 is 16.0 Å². The smallest absolute Gasteiger partial charge is 0.255 e. The molecule has 3 aliphatic carbocycles. The normalized spacial score (nSPS) is 25.7. The molecule has 7 N–H and O–H groups in total. The SMILES string of the molecule is CN(C)c1cc(CCNC(=O)C(C)(C)C)c(O)c2c1C[C@H]1C[C@H]3[C@H](N(C)C)C(=O)C(C(N)=O)=C(O)[C@@]3(O)C(=O)C1=C2O. The van der Waals surface area contributed by atoms with E-state index < -0.39 is 63.5 Å². The van der Waals surface area contributed by atoms with Crippen molar-refractivity contribution >= 4 is 34.8 Å². The van der Waals surface area contributed by atoms with E-state index in [1.807, 2.05) is 4.90 Å². The second-order valence-corrected chi connectivity index (χ2v) is 12.9. The summed E-state index contributed by atoms with van der Waals surface area (Å²) in [5.74, 6) is -7.05. The van der Waals surface area contributed by atoms with Gasteiger partial charge in [-0.15, -0.1) is 0 Å². The zero-order valence-corrected chi connectivity index (χ0v) is 25.0. The second kappa shape index (κ2) is 10.4. The van der Waals surface area contributed by atoms with Crippen LogP contribution in [0.15, 0.2) is 23.0 Å². The number of hydrogen-bond donors (Lipinski definition) is 6. The van der Waals surface area contributed by atoms with E-state index in [9.17, 15) is 39.6 Å². The molecule has 3 aliphatic rings. The van der Waals surface area contributed by atoms with E-state index in [-0.39, 0.29) is 48.6 Å². The molecule has 1 fully saturated rings. The van der Waals surface area contributed by atoms with Gasteiger partial charge < -0.3 is 36.4 Å². The van der Waals surface area contributed by atoms with Crippen LogP contribution in [-0.4, -0.2) is 95.1 Å². The largest absolute Gasteiger partial charge is 0.508 e. The summed E-state index contributed by atoms with van der Waals surface area (Å²) in [6.45, 7) is 5.56. The second-order valence-electron chi connectivity index (χ2n) is 12.9. The summed E-state index contributed by atoms with van der Waals surface area (Å²) in [6, 6.07) is 0.631. The van der Waals surface area contributed by atoms with Gasteiger partial charge in [0.25, 0.3) is 5.91 Å². The summed E-state index contributed by atoms with van der Waals surface area (Å²) in [4.78, 5) is 55.1. The number of nitrogens with one attached hydrogen (secondary N) is 1. The number of likely N-dealkylation sites (N-methyl/N-ethyl adjacent to an activating group) is 1. The molecule has 0 spiro atoms. The number of benzene rings is 1. The Kier molecular flexibility index (Phi) is 7.71. The maximum absolute atomic E-state index is 14.1. The third-order valence-electron chi connectivity index (χ3n) is 8.62. The number of carbonyl (C=O) groups is 4. The molecule has 228 valence electrons. The highest BCUT2D eigenvalue weighted by molar-refractivity contribution is 6.24. The molecule has 1 aromatic carbocycles. The molecule has 0 heterocycles. The average molecular weight is 585 g/mol. The molecule has 0 unspecified atom stereocenters. The Bertz CT molecular complexity index is 1450. The van der Waals surface area contributed by atoms with E-state index in [4.69, 9.17) is 5.73 Å². The fraction of sp³-hybridized carbons (Fsp3) is 0.533. The van der Waals surface area contributed by atoms with Gasteiger partial charge in [0.2, 0.25) is 11.7 Å². The van der Waals surface area contributed by atoms with Crippen molar-refractivity contribution in [1.82, 2.24) is 10.2 Å². The molecule has 12 heteroatoms. The van der Waals surface area contributed by atoms with Gasteiger partial charge in [0.05, 0.1) is 11.6 Å². The molecule has 1 saturated carbocycles. The lowest BCUT2D eigenvalue weighted by Crippen LogP contribution is -2.65. The predicted molar refractivity (Wildman–Crippen MR) is 155 cm³/mol. The zero-order chi connectivity index (χ0) is 31.6. The summed E-state index contributed by atoms with van der Waals surface area (Å²) in [5.41, 5.74) is 2.72. The van der Waals surface area contributed by atoms with Crippen LogP contribution in [0, 0.1) is 17.3 Å². The lowest BCUT2D eigenvalue weighted by molar-refractivity contribution is -0.153. The Morgan fingerprint density at radius 1 is 1.12 bits per heavy atom. The van der Waals surface area contributed by atoms with Crippen LogP contribution in [0.5, 0.6) is 5.75 Å². The predicted octanol–water partition coefficient (Wildman–Crippen LogP) is 0.735. The number of Topliss-reactive ketones (excluding diaryl/α,β-unsaturated/α-hetero) is 2. The highest BCUT2D eigenvalue weighted by Gasteiger charge is 2.64. The highest BCUT2D eigenvalue weighted by atomic mass is 16.3. The standard InChI is InChI=1S/C30H40N4O8/c1-29(2,3)28(41)32-9-8-13-12-17(33(4)5)15-10-14-11-16-21(34(6)7)24(37)20(27(31)40)26(39)30(16,42)25(38)18(14)23(36)19(15)22(13)35/h12,14,16,21,35-36,39,42H,8-11H2,1-7H3,(H2,31,40)(H,32,41)/t14-,16-,21-,30-/m0/s1. The molecule has 0 radical (unpaired) electrons.